The van der Waals surface area contributed by atoms with E-state index in [0.29, 0.717) is 6.04 Å². The predicted octanol–water partition coefficient (Wildman–Crippen LogP) is 3.07. The molecule has 0 bridgehead atoms. The summed E-state index contributed by atoms with van der Waals surface area (Å²) >= 11 is 0. The minimum atomic E-state index is 0.515. The Balaban J connectivity index is 1.71. The van der Waals surface area contributed by atoms with Crippen LogP contribution in [-0.4, -0.2) is 13.7 Å². The SMILES string of the molecule is CNC(CCC1CC1)c1ccc2c(c1)CCO2. The molecular formula is C15H21NO. The van der Waals surface area contributed by atoms with Crippen molar-refractivity contribution in [2.45, 2.75) is 38.1 Å². The quantitative estimate of drug-likeness (QED) is 0.841. The Labute approximate surface area is 103 Å². The Morgan fingerprint density at radius 3 is 3.06 bits per heavy atom. The summed E-state index contributed by atoms with van der Waals surface area (Å²) in [7, 11) is 2.07. The summed E-state index contributed by atoms with van der Waals surface area (Å²) in [6.07, 6.45) is 6.62. The van der Waals surface area contributed by atoms with E-state index in [1.807, 2.05) is 0 Å². The summed E-state index contributed by atoms with van der Waals surface area (Å²) in [4.78, 5) is 0. The molecule has 1 aromatic carbocycles. The van der Waals surface area contributed by atoms with Gasteiger partial charge in [-0.15, -0.1) is 0 Å². The molecule has 1 aliphatic carbocycles. The second kappa shape index (κ2) is 4.69. The van der Waals surface area contributed by atoms with Crippen molar-refractivity contribution in [1.29, 1.82) is 0 Å². The maximum atomic E-state index is 5.55. The number of hydrogen-bond acceptors (Lipinski definition) is 2. The van der Waals surface area contributed by atoms with Crippen LogP contribution in [0.4, 0.5) is 0 Å². The van der Waals surface area contributed by atoms with Crippen molar-refractivity contribution in [2.75, 3.05) is 13.7 Å². The molecule has 2 heteroatoms. The summed E-state index contributed by atoms with van der Waals surface area (Å²) < 4.78 is 5.55. The van der Waals surface area contributed by atoms with Crippen LogP contribution in [0.15, 0.2) is 18.2 Å². The van der Waals surface area contributed by atoms with E-state index in [4.69, 9.17) is 4.74 Å². The molecule has 2 aliphatic rings. The third-order valence-corrected chi connectivity index (χ3v) is 4.02. The molecule has 0 saturated heterocycles. The number of rotatable bonds is 5. The first-order chi connectivity index (χ1) is 8.36. The smallest absolute Gasteiger partial charge is 0.122 e. The minimum Gasteiger partial charge on any atom is -0.493 e. The van der Waals surface area contributed by atoms with Gasteiger partial charge in [0.15, 0.2) is 0 Å². The van der Waals surface area contributed by atoms with E-state index in [2.05, 4.69) is 30.6 Å². The van der Waals surface area contributed by atoms with Gasteiger partial charge in [-0.3, -0.25) is 0 Å². The van der Waals surface area contributed by atoms with Gasteiger partial charge in [0.1, 0.15) is 5.75 Å². The summed E-state index contributed by atoms with van der Waals surface area (Å²) in [6.45, 7) is 0.852. The van der Waals surface area contributed by atoms with Crippen LogP contribution in [-0.2, 0) is 6.42 Å². The van der Waals surface area contributed by atoms with Crippen molar-refractivity contribution in [3.63, 3.8) is 0 Å². The molecule has 1 unspecified atom stereocenters. The summed E-state index contributed by atoms with van der Waals surface area (Å²) in [6, 6.07) is 7.20. The Bertz CT molecular complexity index is 398. The fourth-order valence-corrected chi connectivity index (χ4v) is 2.71. The first-order valence-corrected chi connectivity index (χ1v) is 6.79. The van der Waals surface area contributed by atoms with Crippen LogP contribution in [0.3, 0.4) is 0 Å². The zero-order valence-electron chi connectivity index (χ0n) is 10.5. The van der Waals surface area contributed by atoms with E-state index >= 15 is 0 Å². The molecule has 17 heavy (non-hydrogen) atoms. The van der Waals surface area contributed by atoms with Gasteiger partial charge < -0.3 is 10.1 Å². The van der Waals surface area contributed by atoms with Gasteiger partial charge in [0.05, 0.1) is 6.61 Å². The molecule has 1 atom stereocenters. The van der Waals surface area contributed by atoms with Crippen LogP contribution in [0.1, 0.15) is 42.9 Å². The van der Waals surface area contributed by atoms with Crippen LogP contribution in [0.2, 0.25) is 0 Å². The van der Waals surface area contributed by atoms with Gasteiger partial charge >= 0.3 is 0 Å². The third kappa shape index (κ3) is 2.47. The fourth-order valence-electron chi connectivity index (χ4n) is 2.71. The summed E-state index contributed by atoms with van der Waals surface area (Å²) in [5, 5.41) is 3.45. The number of hydrogen-bond donors (Lipinski definition) is 1. The summed E-state index contributed by atoms with van der Waals surface area (Å²) in [5.74, 6) is 2.11. The highest BCUT2D eigenvalue weighted by atomic mass is 16.5. The van der Waals surface area contributed by atoms with Crippen LogP contribution < -0.4 is 10.1 Å². The molecule has 0 radical (unpaired) electrons. The Morgan fingerprint density at radius 1 is 1.41 bits per heavy atom. The van der Waals surface area contributed by atoms with Gasteiger partial charge in [-0.2, -0.15) is 0 Å². The summed E-state index contributed by atoms with van der Waals surface area (Å²) in [5.41, 5.74) is 2.81. The highest BCUT2D eigenvalue weighted by Crippen LogP contribution is 2.36. The van der Waals surface area contributed by atoms with Crippen molar-refractivity contribution in [3.8, 4) is 5.75 Å². The molecule has 0 aromatic heterocycles. The lowest BCUT2D eigenvalue weighted by Crippen LogP contribution is -2.16. The van der Waals surface area contributed by atoms with Crippen molar-refractivity contribution in [2.24, 2.45) is 5.92 Å². The second-order valence-electron chi connectivity index (χ2n) is 5.33. The maximum absolute atomic E-state index is 5.55. The Hall–Kier alpha value is -1.02. The average molecular weight is 231 g/mol. The molecule has 1 aromatic rings. The van der Waals surface area contributed by atoms with Gasteiger partial charge in [-0.1, -0.05) is 25.0 Å². The highest BCUT2D eigenvalue weighted by Gasteiger charge is 2.23. The van der Waals surface area contributed by atoms with Crippen molar-refractivity contribution in [3.05, 3.63) is 29.3 Å². The van der Waals surface area contributed by atoms with Crippen molar-refractivity contribution in [1.82, 2.24) is 5.32 Å². The van der Waals surface area contributed by atoms with Crippen LogP contribution in [0, 0.1) is 5.92 Å². The molecule has 3 rings (SSSR count). The Morgan fingerprint density at radius 2 is 2.29 bits per heavy atom. The molecule has 1 fully saturated rings. The van der Waals surface area contributed by atoms with Crippen LogP contribution in [0.5, 0.6) is 5.75 Å². The lowest BCUT2D eigenvalue weighted by atomic mass is 9.98. The minimum absolute atomic E-state index is 0.515. The zero-order chi connectivity index (χ0) is 11.7. The van der Waals surface area contributed by atoms with E-state index in [-0.39, 0.29) is 0 Å². The van der Waals surface area contributed by atoms with Gasteiger partial charge in [-0.05, 0) is 43.0 Å². The standard InChI is InChI=1S/C15H21NO/c1-16-14(6-4-11-2-3-11)12-5-7-15-13(10-12)8-9-17-15/h5,7,10-11,14,16H,2-4,6,8-9H2,1H3. The molecule has 0 spiro atoms. The highest BCUT2D eigenvalue weighted by molar-refractivity contribution is 5.40. The molecule has 1 heterocycles. The predicted molar refractivity (Wildman–Crippen MR) is 69.4 cm³/mol. The van der Waals surface area contributed by atoms with E-state index in [9.17, 15) is 0 Å². The molecule has 1 saturated carbocycles. The largest absolute Gasteiger partial charge is 0.493 e. The number of ether oxygens (including phenoxy) is 1. The van der Waals surface area contributed by atoms with E-state index in [1.165, 1.54) is 36.8 Å². The number of benzene rings is 1. The lowest BCUT2D eigenvalue weighted by Gasteiger charge is -2.17. The molecule has 1 aliphatic heterocycles. The first-order valence-electron chi connectivity index (χ1n) is 6.79. The molecule has 0 amide bonds. The second-order valence-corrected chi connectivity index (χ2v) is 5.33. The van der Waals surface area contributed by atoms with Crippen molar-refractivity contribution >= 4 is 0 Å². The van der Waals surface area contributed by atoms with E-state index in [0.717, 1.165) is 24.7 Å². The van der Waals surface area contributed by atoms with E-state index < -0.39 is 0 Å². The van der Waals surface area contributed by atoms with Gasteiger partial charge in [-0.25, -0.2) is 0 Å². The number of nitrogens with one attached hydrogen (secondary N) is 1. The van der Waals surface area contributed by atoms with Gasteiger partial charge in [0, 0.05) is 12.5 Å². The topological polar surface area (TPSA) is 21.3 Å². The third-order valence-electron chi connectivity index (χ3n) is 4.02. The maximum Gasteiger partial charge on any atom is 0.122 e. The normalized spacial score (nSPS) is 19.8. The van der Waals surface area contributed by atoms with Crippen LogP contribution >= 0.6 is 0 Å². The van der Waals surface area contributed by atoms with Gasteiger partial charge in [0.25, 0.3) is 0 Å². The zero-order valence-corrected chi connectivity index (χ0v) is 10.5. The molecule has 92 valence electrons. The van der Waals surface area contributed by atoms with E-state index in [1.54, 1.807) is 0 Å². The van der Waals surface area contributed by atoms with Crippen molar-refractivity contribution < 1.29 is 4.74 Å². The lowest BCUT2D eigenvalue weighted by molar-refractivity contribution is 0.356. The van der Waals surface area contributed by atoms with Gasteiger partial charge in [0.2, 0.25) is 0 Å². The molecule has 1 N–H and O–H groups in total. The molecule has 2 nitrogen and oxygen atoms in total. The Kier molecular flexibility index (Phi) is 3.06. The monoisotopic (exact) mass is 231 g/mol. The first kappa shape index (κ1) is 11.1. The average Bonchev–Trinajstić information content (AvgIpc) is 3.06. The fraction of sp³-hybridized carbons (Fsp3) is 0.600. The molecular weight excluding hydrogens is 210 g/mol. The number of fused-ring (bicyclic) bond motifs is 1. The van der Waals surface area contributed by atoms with Crippen LogP contribution in [0.25, 0.3) is 0 Å².